The number of hydrogen-bond acceptors (Lipinski definition) is 3. The Bertz CT molecular complexity index is 527. The van der Waals surface area contributed by atoms with E-state index in [-0.39, 0.29) is 0 Å². The lowest BCUT2D eigenvalue weighted by Gasteiger charge is -2.21. The smallest absolute Gasteiger partial charge is 0.155 e. The molecule has 2 N–H and O–H groups in total. The molecule has 4 nitrogen and oxygen atoms in total. The normalized spacial score (nSPS) is 18.2. The van der Waals surface area contributed by atoms with Gasteiger partial charge in [-0.1, -0.05) is 19.4 Å². The largest absolute Gasteiger partial charge is 0.330 e. The molecule has 3 rings (SSSR count). The molecule has 90 valence electrons. The van der Waals surface area contributed by atoms with Crippen LogP contribution in [0.3, 0.4) is 0 Å². The van der Waals surface area contributed by atoms with Crippen molar-refractivity contribution in [1.29, 1.82) is 0 Å². The van der Waals surface area contributed by atoms with E-state index in [0.29, 0.717) is 18.4 Å². The highest BCUT2D eigenvalue weighted by Crippen LogP contribution is 2.34. The van der Waals surface area contributed by atoms with Gasteiger partial charge in [-0.3, -0.25) is 0 Å². The summed E-state index contributed by atoms with van der Waals surface area (Å²) < 4.78 is 1.96. The highest BCUT2D eigenvalue weighted by Gasteiger charge is 2.24. The van der Waals surface area contributed by atoms with Gasteiger partial charge in [-0.05, 0) is 25.0 Å². The summed E-state index contributed by atoms with van der Waals surface area (Å²) in [6.07, 6.45) is 3.78. The molecule has 2 aromatic rings. The van der Waals surface area contributed by atoms with Crippen LogP contribution in [0.15, 0.2) is 18.2 Å². The van der Waals surface area contributed by atoms with Crippen molar-refractivity contribution in [2.24, 2.45) is 5.73 Å². The average molecular weight is 230 g/mol. The molecule has 1 unspecified atom stereocenters. The molecular formula is C13H18N4. The van der Waals surface area contributed by atoms with E-state index in [0.717, 1.165) is 17.2 Å². The minimum Gasteiger partial charge on any atom is -0.330 e. The molecule has 2 heterocycles. The third-order valence-corrected chi connectivity index (χ3v) is 3.73. The fourth-order valence-electron chi connectivity index (χ4n) is 2.28. The van der Waals surface area contributed by atoms with Crippen molar-refractivity contribution in [3.8, 4) is 0 Å². The van der Waals surface area contributed by atoms with Crippen LogP contribution in [0.2, 0.25) is 0 Å². The molecule has 0 radical (unpaired) electrons. The zero-order valence-corrected chi connectivity index (χ0v) is 10.1. The Labute approximate surface area is 101 Å². The molecule has 1 saturated carbocycles. The highest BCUT2D eigenvalue weighted by molar-refractivity contribution is 5.40. The summed E-state index contributed by atoms with van der Waals surface area (Å²) in [5.74, 6) is 1.90. The molecule has 0 aromatic carbocycles. The molecule has 1 aliphatic carbocycles. The van der Waals surface area contributed by atoms with Crippen LogP contribution in [0.25, 0.3) is 5.65 Å². The fraction of sp³-hybridized carbons (Fsp3) is 0.538. The summed E-state index contributed by atoms with van der Waals surface area (Å²) >= 11 is 0. The lowest BCUT2D eigenvalue weighted by molar-refractivity contribution is 0.401. The average Bonchev–Trinajstić information content (AvgIpc) is 2.68. The van der Waals surface area contributed by atoms with Gasteiger partial charge in [0, 0.05) is 24.1 Å². The summed E-state index contributed by atoms with van der Waals surface area (Å²) in [4.78, 5) is 4.62. The highest BCUT2D eigenvalue weighted by atomic mass is 15.3. The Morgan fingerprint density at radius 1 is 1.47 bits per heavy atom. The third kappa shape index (κ3) is 1.72. The van der Waals surface area contributed by atoms with Crippen molar-refractivity contribution in [1.82, 2.24) is 14.6 Å². The second-order valence-electron chi connectivity index (χ2n) is 4.96. The van der Waals surface area contributed by atoms with E-state index < -0.39 is 0 Å². The first-order chi connectivity index (χ1) is 8.29. The number of pyridine rings is 1. The van der Waals surface area contributed by atoms with Gasteiger partial charge in [0.1, 0.15) is 0 Å². The van der Waals surface area contributed by atoms with E-state index in [2.05, 4.69) is 23.1 Å². The minimum atomic E-state index is 0.314. The van der Waals surface area contributed by atoms with Crippen molar-refractivity contribution >= 4 is 5.65 Å². The van der Waals surface area contributed by atoms with Gasteiger partial charge in [0.25, 0.3) is 0 Å². The second kappa shape index (κ2) is 4.11. The molecule has 0 amide bonds. The fourth-order valence-corrected chi connectivity index (χ4v) is 2.28. The van der Waals surface area contributed by atoms with E-state index >= 15 is 0 Å². The molecule has 1 fully saturated rings. The van der Waals surface area contributed by atoms with Gasteiger partial charge in [-0.2, -0.15) is 5.10 Å². The molecule has 2 aromatic heterocycles. The van der Waals surface area contributed by atoms with E-state index in [1.165, 1.54) is 19.3 Å². The topological polar surface area (TPSA) is 56.2 Å². The van der Waals surface area contributed by atoms with Crippen molar-refractivity contribution in [2.45, 2.75) is 38.0 Å². The summed E-state index contributed by atoms with van der Waals surface area (Å²) in [5.41, 5.74) is 7.84. The van der Waals surface area contributed by atoms with Crippen LogP contribution in [0.4, 0.5) is 0 Å². The summed E-state index contributed by atoms with van der Waals surface area (Å²) in [6.45, 7) is 2.76. The monoisotopic (exact) mass is 230 g/mol. The predicted octanol–water partition coefficient (Wildman–Crippen LogP) is 2.06. The van der Waals surface area contributed by atoms with Crippen molar-refractivity contribution in [3.63, 3.8) is 0 Å². The summed E-state index contributed by atoms with van der Waals surface area (Å²) in [5, 5.41) is 4.65. The van der Waals surface area contributed by atoms with E-state index in [4.69, 9.17) is 5.73 Å². The molecule has 1 aliphatic rings. The molecule has 0 saturated heterocycles. The quantitative estimate of drug-likeness (QED) is 0.878. The van der Waals surface area contributed by atoms with Crippen LogP contribution in [0.1, 0.15) is 49.5 Å². The van der Waals surface area contributed by atoms with Crippen molar-refractivity contribution in [2.75, 3.05) is 6.54 Å². The Morgan fingerprint density at radius 2 is 2.29 bits per heavy atom. The van der Waals surface area contributed by atoms with E-state index in [1.54, 1.807) is 0 Å². The zero-order valence-electron chi connectivity index (χ0n) is 10.1. The van der Waals surface area contributed by atoms with Gasteiger partial charge in [0.15, 0.2) is 11.5 Å². The van der Waals surface area contributed by atoms with Crippen LogP contribution in [0.5, 0.6) is 0 Å². The molecule has 4 heteroatoms. The summed E-state index contributed by atoms with van der Waals surface area (Å²) in [6, 6.07) is 6.14. The van der Waals surface area contributed by atoms with E-state index in [9.17, 15) is 0 Å². The minimum absolute atomic E-state index is 0.314. The molecular weight excluding hydrogens is 212 g/mol. The Balaban J connectivity index is 2.07. The number of aromatic nitrogens is 3. The Hall–Kier alpha value is -1.42. The van der Waals surface area contributed by atoms with Crippen LogP contribution in [-0.4, -0.2) is 21.1 Å². The van der Waals surface area contributed by atoms with Crippen LogP contribution in [-0.2, 0) is 0 Å². The van der Waals surface area contributed by atoms with Gasteiger partial charge >= 0.3 is 0 Å². The maximum Gasteiger partial charge on any atom is 0.155 e. The maximum atomic E-state index is 5.74. The SMILES string of the molecule is CC(CN)c1cccc2nc(C3CCC3)nn12. The van der Waals surface area contributed by atoms with E-state index in [1.807, 2.05) is 16.6 Å². The van der Waals surface area contributed by atoms with Crippen molar-refractivity contribution in [3.05, 3.63) is 29.7 Å². The van der Waals surface area contributed by atoms with Crippen molar-refractivity contribution < 1.29 is 0 Å². The standard InChI is InChI=1S/C13H18N4/c1-9(8-14)11-6-3-7-12-15-13(16-17(11)12)10-4-2-5-10/h3,6-7,9-10H,2,4-5,8,14H2,1H3. The maximum absolute atomic E-state index is 5.74. The second-order valence-corrected chi connectivity index (χ2v) is 4.96. The van der Waals surface area contributed by atoms with Gasteiger partial charge in [-0.15, -0.1) is 0 Å². The van der Waals surface area contributed by atoms with Gasteiger partial charge in [-0.25, -0.2) is 9.50 Å². The summed E-state index contributed by atoms with van der Waals surface area (Å²) in [7, 11) is 0. The first-order valence-corrected chi connectivity index (χ1v) is 6.35. The Kier molecular flexibility index (Phi) is 2.59. The molecule has 1 atom stereocenters. The number of fused-ring (bicyclic) bond motifs is 1. The first-order valence-electron chi connectivity index (χ1n) is 6.35. The van der Waals surface area contributed by atoms with Gasteiger partial charge < -0.3 is 5.73 Å². The zero-order chi connectivity index (χ0) is 11.8. The number of nitrogens with two attached hydrogens (primary N) is 1. The Morgan fingerprint density at radius 3 is 2.94 bits per heavy atom. The van der Waals surface area contributed by atoms with Gasteiger partial charge in [0.05, 0.1) is 0 Å². The van der Waals surface area contributed by atoms with Crippen LogP contribution in [0, 0.1) is 0 Å². The van der Waals surface area contributed by atoms with Crippen LogP contribution < -0.4 is 5.73 Å². The molecule has 0 aliphatic heterocycles. The molecule has 0 spiro atoms. The first kappa shape index (κ1) is 10.7. The third-order valence-electron chi connectivity index (χ3n) is 3.73. The molecule has 0 bridgehead atoms. The van der Waals surface area contributed by atoms with Crippen LogP contribution >= 0.6 is 0 Å². The number of hydrogen-bond donors (Lipinski definition) is 1. The lowest BCUT2D eigenvalue weighted by Crippen LogP contribution is -2.14. The lowest BCUT2D eigenvalue weighted by atomic mass is 9.85. The number of nitrogens with zero attached hydrogens (tertiary/aromatic N) is 3. The molecule has 17 heavy (non-hydrogen) atoms. The van der Waals surface area contributed by atoms with Gasteiger partial charge in [0.2, 0.25) is 0 Å². The predicted molar refractivity (Wildman–Crippen MR) is 67.0 cm³/mol. The number of rotatable bonds is 3.